The van der Waals surface area contributed by atoms with E-state index in [1.54, 1.807) is 0 Å². The van der Waals surface area contributed by atoms with Gasteiger partial charge in [-0.05, 0) is 44.2 Å². The van der Waals surface area contributed by atoms with Crippen molar-refractivity contribution in [2.45, 2.75) is 78.8 Å². The van der Waals surface area contributed by atoms with Crippen LogP contribution in [-0.2, 0) is 4.79 Å². The number of benzene rings is 1. The number of fused-ring (bicyclic) bond motifs is 1. The quantitative estimate of drug-likeness (QED) is 0.688. The third-order valence-corrected chi connectivity index (χ3v) is 6.19. The molecule has 1 unspecified atom stereocenters. The van der Waals surface area contributed by atoms with Crippen molar-refractivity contribution in [1.29, 1.82) is 0 Å². The Bertz CT molecular complexity index is 854. The van der Waals surface area contributed by atoms with Crippen molar-refractivity contribution in [2.24, 2.45) is 5.41 Å². The van der Waals surface area contributed by atoms with E-state index in [-0.39, 0.29) is 18.0 Å². The average molecular weight is 398 g/mol. The van der Waals surface area contributed by atoms with Crippen molar-refractivity contribution in [3.63, 3.8) is 0 Å². The van der Waals surface area contributed by atoms with Crippen LogP contribution in [0.1, 0.15) is 88.7 Å². The third kappa shape index (κ3) is 4.65. The molecule has 1 N–H and O–H groups in total. The summed E-state index contributed by atoms with van der Waals surface area (Å²) < 4.78 is 7.83. The molecule has 1 aromatic carbocycles. The highest BCUT2D eigenvalue weighted by Crippen LogP contribution is 2.34. The molecule has 0 saturated heterocycles. The number of para-hydroxylation sites is 1. The lowest BCUT2D eigenvalue weighted by Gasteiger charge is -2.31. The average Bonchev–Trinajstić information content (AvgIpc) is 3.08. The number of amides is 1. The Hall–Kier alpha value is -2.30. The minimum Gasteiger partial charge on any atom is -0.493 e. The molecular weight excluding hydrogens is 362 g/mol. The van der Waals surface area contributed by atoms with Crippen LogP contribution in [0.25, 0.3) is 0 Å². The van der Waals surface area contributed by atoms with Gasteiger partial charge in [0.1, 0.15) is 5.75 Å². The van der Waals surface area contributed by atoms with E-state index in [0.29, 0.717) is 12.5 Å². The molecule has 1 amide bonds. The van der Waals surface area contributed by atoms with E-state index >= 15 is 0 Å². The van der Waals surface area contributed by atoms with Crippen LogP contribution in [0, 0.1) is 12.3 Å². The van der Waals surface area contributed by atoms with Crippen molar-refractivity contribution in [3.05, 3.63) is 47.3 Å². The number of carbonyl (C=O) groups excluding carboxylic acids is 1. The monoisotopic (exact) mass is 397 g/mol. The summed E-state index contributed by atoms with van der Waals surface area (Å²) in [5.41, 5.74) is 3.16. The highest BCUT2D eigenvalue weighted by molar-refractivity contribution is 5.82. The van der Waals surface area contributed by atoms with Crippen molar-refractivity contribution in [1.82, 2.24) is 15.1 Å². The molecule has 2 atom stereocenters. The molecule has 2 aromatic rings. The van der Waals surface area contributed by atoms with Crippen LogP contribution < -0.4 is 10.1 Å². The maximum Gasteiger partial charge on any atom is 0.226 e. The van der Waals surface area contributed by atoms with Gasteiger partial charge in [-0.2, -0.15) is 5.10 Å². The number of hydrogen-bond donors (Lipinski definition) is 1. The highest BCUT2D eigenvalue weighted by Gasteiger charge is 2.32. The van der Waals surface area contributed by atoms with Crippen LogP contribution >= 0.6 is 0 Å². The number of carbonyl (C=O) groups is 1. The first kappa shape index (κ1) is 21.4. The van der Waals surface area contributed by atoms with E-state index in [2.05, 4.69) is 42.8 Å². The maximum atomic E-state index is 13.1. The molecule has 5 heteroatoms. The van der Waals surface area contributed by atoms with Crippen LogP contribution in [-0.4, -0.2) is 22.3 Å². The van der Waals surface area contributed by atoms with Gasteiger partial charge in [0.05, 0.1) is 18.8 Å². The molecule has 0 bridgehead atoms. The van der Waals surface area contributed by atoms with E-state index in [0.717, 1.165) is 30.6 Å². The number of nitrogens with zero attached hydrogens (tertiary/aromatic N) is 2. The molecule has 0 radical (unpaired) electrons. The first-order valence-electron chi connectivity index (χ1n) is 10.8. The zero-order valence-corrected chi connectivity index (χ0v) is 18.7. The molecule has 0 spiro atoms. The van der Waals surface area contributed by atoms with Gasteiger partial charge < -0.3 is 10.1 Å². The first-order chi connectivity index (χ1) is 13.7. The van der Waals surface area contributed by atoms with Crippen LogP contribution in [0.3, 0.4) is 0 Å². The Kier molecular flexibility index (Phi) is 6.35. The Balaban J connectivity index is 1.62. The minimum absolute atomic E-state index is 0.0195. The number of nitrogens with one attached hydrogen (secondary N) is 1. The van der Waals surface area contributed by atoms with Gasteiger partial charge in [0.2, 0.25) is 5.91 Å². The van der Waals surface area contributed by atoms with Crippen LogP contribution in [0.2, 0.25) is 0 Å². The van der Waals surface area contributed by atoms with Gasteiger partial charge in [-0.3, -0.25) is 9.48 Å². The molecule has 158 valence electrons. The molecule has 0 fully saturated rings. The SMILES string of the molecule is Cc1c(C(C)C)cnn1C(C)CCC(C)(C)C(=O)N[C@@H]1CCOc2ccccc21. The van der Waals surface area contributed by atoms with Gasteiger partial charge in [0, 0.05) is 29.1 Å². The summed E-state index contributed by atoms with van der Waals surface area (Å²) in [6, 6.07) is 8.26. The van der Waals surface area contributed by atoms with Gasteiger partial charge in [-0.15, -0.1) is 0 Å². The molecule has 5 nitrogen and oxygen atoms in total. The van der Waals surface area contributed by atoms with E-state index in [1.807, 2.05) is 44.3 Å². The summed E-state index contributed by atoms with van der Waals surface area (Å²) in [6.45, 7) is 13.4. The van der Waals surface area contributed by atoms with E-state index in [9.17, 15) is 4.79 Å². The summed E-state index contributed by atoms with van der Waals surface area (Å²) >= 11 is 0. The predicted molar refractivity (Wildman–Crippen MR) is 116 cm³/mol. The Morgan fingerprint density at radius 1 is 1.31 bits per heavy atom. The maximum absolute atomic E-state index is 13.1. The van der Waals surface area contributed by atoms with Crippen LogP contribution in [0.5, 0.6) is 5.75 Å². The molecule has 1 aromatic heterocycles. The summed E-state index contributed by atoms with van der Waals surface area (Å²) in [5, 5.41) is 7.87. The second-order valence-corrected chi connectivity index (χ2v) is 9.26. The smallest absolute Gasteiger partial charge is 0.226 e. The first-order valence-corrected chi connectivity index (χ1v) is 10.8. The number of aromatic nitrogens is 2. The number of ether oxygens (including phenoxy) is 1. The van der Waals surface area contributed by atoms with Crippen molar-refractivity contribution >= 4 is 5.91 Å². The highest BCUT2D eigenvalue weighted by atomic mass is 16.5. The van der Waals surface area contributed by atoms with Gasteiger partial charge in [0.15, 0.2) is 0 Å². The van der Waals surface area contributed by atoms with E-state index < -0.39 is 5.41 Å². The fraction of sp³-hybridized carbons (Fsp3) is 0.583. The lowest BCUT2D eigenvalue weighted by Crippen LogP contribution is -2.40. The fourth-order valence-electron chi connectivity index (χ4n) is 4.10. The molecule has 3 rings (SSSR count). The molecule has 1 aliphatic heterocycles. The number of hydrogen-bond acceptors (Lipinski definition) is 3. The zero-order valence-electron chi connectivity index (χ0n) is 18.7. The van der Waals surface area contributed by atoms with Gasteiger partial charge in [0.25, 0.3) is 0 Å². The van der Waals surface area contributed by atoms with Crippen LogP contribution in [0.4, 0.5) is 0 Å². The van der Waals surface area contributed by atoms with E-state index in [1.165, 1.54) is 11.3 Å². The Morgan fingerprint density at radius 3 is 2.72 bits per heavy atom. The van der Waals surface area contributed by atoms with Crippen LogP contribution in [0.15, 0.2) is 30.5 Å². The Morgan fingerprint density at radius 2 is 2.03 bits per heavy atom. The predicted octanol–water partition coefficient (Wildman–Crippen LogP) is 5.32. The third-order valence-electron chi connectivity index (χ3n) is 6.19. The molecule has 0 saturated carbocycles. The van der Waals surface area contributed by atoms with Crippen molar-refractivity contribution in [2.75, 3.05) is 6.61 Å². The topological polar surface area (TPSA) is 56.2 Å². The van der Waals surface area contributed by atoms with Gasteiger partial charge in [-0.25, -0.2) is 0 Å². The standard InChI is InChI=1S/C24H35N3O2/c1-16(2)20-15-25-27(18(20)4)17(3)11-13-24(5,6)23(28)26-21-12-14-29-22-10-8-7-9-19(21)22/h7-10,15-17,21H,11-14H2,1-6H3,(H,26,28)/t17?,21-/m1/s1. The summed E-state index contributed by atoms with van der Waals surface area (Å²) in [7, 11) is 0. The minimum atomic E-state index is -0.441. The largest absolute Gasteiger partial charge is 0.493 e. The number of rotatable bonds is 7. The lowest BCUT2D eigenvalue weighted by molar-refractivity contribution is -0.130. The Labute approximate surface area is 174 Å². The summed E-state index contributed by atoms with van der Waals surface area (Å²) in [4.78, 5) is 13.1. The molecule has 2 heterocycles. The molecular formula is C24H35N3O2. The summed E-state index contributed by atoms with van der Waals surface area (Å²) in [6.07, 6.45) is 4.50. The molecule has 0 aliphatic carbocycles. The fourth-order valence-corrected chi connectivity index (χ4v) is 4.10. The van der Waals surface area contributed by atoms with Gasteiger partial charge in [-0.1, -0.05) is 45.9 Å². The van der Waals surface area contributed by atoms with Crippen molar-refractivity contribution in [3.8, 4) is 5.75 Å². The van der Waals surface area contributed by atoms with Crippen molar-refractivity contribution < 1.29 is 9.53 Å². The molecule has 29 heavy (non-hydrogen) atoms. The zero-order chi connectivity index (χ0) is 21.2. The van der Waals surface area contributed by atoms with Gasteiger partial charge >= 0.3 is 0 Å². The normalized spacial score (nSPS) is 17.6. The van der Waals surface area contributed by atoms with E-state index in [4.69, 9.17) is 4.74 Å². The lowest BCUT2D eigenvalue weighted by atomic mass is 9.84. The second kappa shape index (κ2) is 8.60. The molecule has 1 aliphatic rings. The second-order valence-electron chi connectivity index (χ2n) is 9.26. The summed E-state index contributed by atoms with van der Waals surface area (Å²) in [5.74, 6) is 1.46.